The number of carbonyl (C=O) groups is 1. The van der Waals surface area contributed by atoms with Crippen LogP contribution in [0.2, 0.25) is 0 Å². The lowest BCUT2D eigenvalue weighted by Gasteiger charge is -2.08. The molecule has 0 saturated carbocycles. The summed E-state index contributed by atoms with van der Waals surface area (Å²) in [4.78, 5) is 9.84. The second kappa shape index (κ2) is 6.78. The molecule has 0 aliphatic carbocycles. The average molecular weight is 178 g/mol. The molecule has 12 heavy (non-hydrogen) atoms. The quantitative estimate of drug-likeness (QED) is 0.298. The molecule has 5 heteroatoms. The summed E-state index contributed by atoms with van der Waals surface area (Å²) in [6.07, 6.45) is 1.05. The SMILES string of the molecule is C=CC(=O)OC.CCC(O)(O)O. The van der Waals surface area contributed by atoms with E-state index in [9.17, 15) is 4.79 Å². The van der Waals surface area contributed by atoms with Crippen molar-refractivity contribution in [3.8, 4) is 0 Å². The summed E-state index contributed by atoms with van der Waals surface area (Å²) >= 11 is 0. The van der Waals surface area contributed by atoms with E-state index in [2.05, 4.69) is 11.3 Å². The molecule has 0 rings (SSSR count). The summed E-state index contributed by atoms with van der Waals surface area (Å²) in [5.74, 6) is -2.85. The fourth-order valence-electron chi connectivity index (χ4n) is 0.0833. The zero-order chi connectivity index (χ0) is 10.2. The van der Waals surface area contributed by atoms with Gasteiger partial charge in [-0.25, -0.2) is 4.79 Å². The lowest BCUT2D eigenvalue weighted by Crippen LogP contribution is -2.24. The van der Waals surface area contributed by atoms with E-state index in [4.69, 9.17) is 15.3 Å². The second-order valence-electron chi connectivity index (χ2n) is 1.86. The first-order valence-corrected chi connectivity index (χ1v) is 3.24. The summed E-state index contributed by atoms with van der Waals surface area (Å²) < 4.78 is 4.14. The minimum absolute atomic E-state index is 0.0625. The number of rotatable bonds is 2. The van der Waals surface area contributed by atoms with E-state index in [-0.39, 0.29) is 6.42 Å². The van der Waals surface area contributed by atoms with Crippen LogP contribution in [0.4, 0.5) is 0 Å². The van der Waals surface area contributed by atoms with Crippen LogP contribution >= 0.6 is 0 Å². The van der Waals surface area contributed by atoms with E-state index < -0.39 is 11.9 Å². The molecule has 0 aromatic carbocycles. The summed E-state index contributed by atoms with van der Waals surface area (Å²) in [6, 6.07) is 0. The number of hydrogen-bond acceptors (Lipinski definition) is 5. The molecule has 0 spiro atoms. The minimum atomic E-state index is -2.46. The van der Waals surface area contributed by atoms with Crippen molar-refractivity contribution in [1.29, 1.82) is 0 Å². The number of hydrogen-bond donors (Lipinski definition) is 3. The maximum atomic E-state index is 9.84. The van der Waals surface area contributed by atoms with Crippen LogP contribution < -0.4 is 0 Å². The molecule has 0 fully saturated rings. The van der Waals surface area contributed by atoms with Gasteiger partial charge in [0.2, 0.25) is 0 Å². The lowest BCUT2D eigenvalue weighted by molar-refractivity contribution is -0.312. The number of carbonyl (C=O) groups excluding carboxylic acids is 1. The van der Waals surface area contributed by atoms with Crippen LogP contribution in [0.1, 0.15) is 13.3 Å². The van der Waals surface area contributed by atoms with E-state index in [1.165, 1.54) is 14.0 Å². The number of aliphatic hydroxyl groups is 3. The van der Waals surface area contributed by atoms with Crippen molar-refractivity contribution < 1.29 is 24.9 Å². The normalized spacial score (nSPS) is 9.42. The highest BCUT2D eigenvalue weighted by molar-refractivity contribution is 5.80. The third-order valence-corrected chi connectivity index (χ3v) is 0.842. The van der Waals surface area contributed by atoms with Gasteiger partial charge in [-0.05, 0) is 0 Å². The molecule has 0 aliphatic rings. The molecule has 0 bridgehead atoms. The first-order chi connectivity index (χ1) is 5.37. The van der Waals surface area contributed by atoms with Gasteiger partial charge in [-0.3, -0.25) is 0 Å². The van der Waals surface area contributed by atoms with E-state index in [0.29, 0.717) is 0 Å². The molecular weight excluding hydrogens is 164 g/mol. The van der Waals surface area contributed by atoms with Crippen LogP contribution in [0.15, 0.2) is 12.7 Å². The van der Waals surface area contributed by atoms with Crippen LogP contribution in [0.3, 0.4) is 0 Å². The highest BCUT2D eigenvalue weighted by Gasteiger charge is 2.11. The third-order valence-electron chi connectivity index (χ3n) is 0.842. The Hall–Kier alpha value is -0.910. The maximum absolute atomic E-state index is 9.84. The fraction of sp³-hybridized carbons (Fsp3) is 0.571. The van der Waals surface area contributed by atoms with Gasteiger partial charge >= 0.3 is 5.97 Å². The summed E-state index contributed by atoms with van der Waals surface area (Å²) in [5.41, 5.74) is 0. The standard InChI is InChI=1S/C4H6O2.C3H8O3/c1-3-4(5)6-2;1-2-3(4,5)6/h3H,1H2,2H3;4-6H,2H2,1H3. The van der Waals surface area contributed by atoms with Crippen LogP contribution in [-0.2, 0) is 9.53 Å². The average Bonchev–Trinajstić information content (AvgIpc) is 2.03. The topological polar surface area (TPSA) is 87.0 Å². The number of esters is 1. The molecule has 0 atom stereocenters. The Balaban J connectivity index is 0. The summed E-state index contributed by atoms with van der Waals surface area (Å²) in [6.45, 7) is 4.62. The van der Waals surface area contributed by atoms with Gasteiger partial charge in [0.25, 0.3) is 5.97 Å². The lowest BCUT2D eigenvalue weighted by atomic mass is 10.4. The van der Waals surface area contributed by atoms with E-state index in [0.717, 1.165) is 6.08 Å². The van der Waals surface area contributed by atoms with Gasteiger partial charge in [0, 0.05) is 12.5 Å². The van der Waals surface area contributed by atoms with Gasteiger partial charge in [0.05, 0.1) is 7.11 Å². The van der Waals surface area contributed by atoms with E-state index in [1.54, 1.807) is 0 Å². The largest absolute Gasteiger partial charge is 0.466 e. The smallest absolute Gasteiger partial charge is 0.329 e. The van der Waals surface area contributed by atoms with Crippen LogP contribution in [0, 0.1) is 0 Å². The van der Waals surface area contributed by atoms with Crippen molar-refractivity contribution in [2.24, 2.45) is 0 Å². The predicted octanol–water partition coefficient (Wildman–Crippen LogP) is -0.627. The molecule has 0 aromatic rings. The molecule has 0 unspecified atom stereocenters. The van der Waals surface area contributed by atoms with Crippen molar-refractivity contribution in [3.05, 3.63) is 12.7 Å². The van der Waals surface area contributed by atoms with Crippen molar-refractivity contribution in [1.82, 2.24) is 0 Å². The van der Waals surface area contributed by atoms with Crippen molar-refractivity contribution in [3.63, 3.8) is 0 Å². The molecule has 0 radical (unpaired) electrons. The van der Waals surface area contributed by atoms with Crippen molar-refractivity contribution in [2.75, 3.05) is 7.11 Å². The number of methoxy groups -OCH3 is 1. The molecule has 0 aliphatic heterocycles. The van der Waals surface area contributed by atoms with E-state index in [1.807, 2.05) is 0 Å². The highest BCUT2D eigenvalue weighted by atomic mass is 16.7. The molecule has 3 N–H and O–H groups in total. The summed E-state index contributed by atoms with van der Waals surface area (Å²) in [5, 5.41) is 23.8. The molecule has 0 amide bonds. The molecule has 0 aromatic heterocycles. The molecule has 0 saturated heterocycles. The third kappa shape index (κ3) is 16.0. The first kappa shape index (κ1) is 13.7. The van der Waals surface area contributed by atoms with Gasteiger partial charge in [0.15, 0.2) is 0 Å². The van der Waals surface area contributed by atoms with Gasteiger partial charge in [-0.15, -0.1) is 0 Å². The Bertz CT molecular complexity index is 135. The van der Waals surface area contributed by atoms with Crippen LogP contribution in [-0.4, -0.2) is 34.4 Å². The Kier molecular flexibility index (Phi) is 7.72. The molecule has 72 valence electrons. The van der Waals surface area contributed by atoms with Gasteiger partial charge in [0.1, 0.15) is 0 Å². The van der Waals surface area contributed by atoms with Gasteiger partial charge < -0.3 is 20.1 Å². The molecule has 0 heterocycles. The zero-order valence-corrected chi connectivity index (χ0v) is 7.15. The molecule has 5 nitrogen and oxygen atoms in total. The number of ether oxygens (including phenoxy) is 1. The Morgan fingerprint density at radius 3 is 1.92 bits per heavy atom. The van der Waals surface area contributed by atoms with Crippen LogP contribution in [0.25, 0.3) is 0 Å². The summed E-state index contributed by atoms with van der Waals surface area (Å²) in [7, 11) is 1.31. The molecular formula is C7H14O5. The second-order valence-corrected chi connectivity index (χ2v) is 1.86. The van der Waals surface area contributed by atoms with Crippen molar-refractivity contribution >= 4 is 5.97 Å². The fourth-order valence-corrected chi connectivity index (χ4v) is 0.0833. The Labute approximate surface area is 70.9 Å². The van der Waals surface area contributed by atoms with E-state index >= 15 is 0 Å². The Morgan fingerprint density at radius 1 is 1.58 bits per heavy atom. The maximum Gasteiger partial charge on any atom is 0.329 e. The monoisotopic (exact) mass is 178 g/mol. The van der Waals surface area contributed by atoms with Gasteiger partial charge in [-0.1, -0.05) is 13.5 Å². The first-order valence-electron chi connectivity index (χ1n) is 3.24. The zero-order valence-electron chi connectivity index (χ0n) is 7.15. The predicted molar refractivity (Wildman–Crippen MR) is 41.9 cm³/mol. The van der Waals surface area contributed by atoms with Crippen LogP contribution in [0.5, 0.6) is 0 Å². The highest BCUT2D eigenvalue weighted by Crippen LogP contribution is 1.95. The minimum Gasteiger partial charge on any atom is -0.466 e. The van der Waals surface area contributed by atoms with Crippen molar-refractivity contribution in [2.45, 2.75) is 19.3 Å². The van der Waals surface area contributed by atoms with Gasteiger partial charge in [-0.2, -0.15) is 0 Å². The Morgan fingerprint density at radius 2 is 1.92 bits per heavy atom.